The van der Waals surface area contributed by atoms with Gasteiger partial charge in [-0.25, -0.2) is 9.59 Å². The highest BCUT2D eigenvalue weighted by atomic mass is 31.2. The van der Waals surface area contributed by atoms with Gasteiger partial charge in [0.05, 0.1) is 33.3 Å². The summed E-state index contributed by atoms with van der Waals surface area (Å²) in [7, 11) is 0.965. The second-order valence-corrected chi connectivity index (χ2v) is 11.8. The molecule has 2 rings (SSSR count). The monoisotopic (exact) mass is 644 g/mol. The predicted octanol–water partition coefficient (Wildman–Crippen LogP) is 6.05. The molecule has 0 bridgehead atoms. The minimum atomic E-state index is -4.35. The summed E-state index contributed by atoms with van der Waals surface area (Å²) < 4.78 is 30.6. The Morgan fingerprint density at radius 1 is 0.933 bits per heavy atom. The molecule has 1 unspecified atom stereocenters. The highest BCUT2D eigenvalue weighted by Gasteiger charge is 2.16. The molecule has 0 aromatic heterocycles. The Morgan fingerprint density at radius 2 is 1.49 bits per heavy atom. The summed E-state index contributed by atoms with van der Waals surface area (Å²) >= 11 is 0. The summed E-state index contributed by atoms with van der Waals surface area (Å²) in [6.45, 7) is 14.9. The fraction of sp³-hybridized carbons (Fsp3) is 0.323. The lowest BCUT2D eigenvalue weighted by atomic mass is 10.1. The third-order valence-electron chi connectivity index (χ3n) is 4.97. The zero-order chi connectivity index (χ0) is 34.6. The molecule has 2 aromatic carbocycles. The fourth-order valence-electron chi connectivity index (χ4n) is 2.39. The number of carbonyl (C=O) groups excluding carboxylic acids is 3. The Balaban J connectivity index is 0.000000737. The van der Waals surface area contributed by atoms with Crippen molar-refractivity contribution in [1.82, 2.24) is 0 Å². The number of azide groups is 1. The van der Waals surface area contributed by atoms with Crippen LogP contribution >= 0.6 is 7.82 Å². The van der Waals surface area contributed by atoms with Gasteiger partial charge in [0.15, 0.2) is 12.5 Å². The van der Waals surface area contributed by atoms with Crippen LogP contribution in [0.15, 0.2) is 84.5 Å². The van der Waals surface area contributed by atoms with Crippen LogP contribution in [-0.2, 0) is 39.3 Å². The maximum absolute atomic E-state index is 11.9. The van der Waals surface area contributed by atoms with Crippen molar-refractivity contribution in [3.8, 4) is 0 Å². The van der Waals surface area contributed by atoms with E-state index in [2.05, 4.69) is 43.5 Å². The van der Waals surface area contributed by atoms with Crippen LogP contribution in [0.1, 0.15) is 42.3 Å². The number of phosphoric acid groups is 1. The highest BCUT2D eigenvalue weighted by molar-refractivity contribution is 7.45. The average molecular weight is 645 g/mol. The number of hydrogen-bond acceptors (Lipinski definition) is 10. The number of carbonyl (C=O) groups is 3. The van der Waals surface area contributed by atoms with E-state index in [4.69, 9.17) is 10.3 Å². The van der Waals surface area contributed by atoms with Crippen molar-refractivity contribution in [3.05, 3.63) is 107 Å². The summed E-state index contributed by atoms with van der Waals surface area (Å²) in [6.07, 6.45) is 1.75. The SMILES string of the molecule is C=C(C)C(=O)OCCOP(=O)([O-])OC[N+](C)(C)C.C=C(C)C(C)=O.C=Cc1ccc(COC(=O)c2ccc(N=[N+]=[N-])cc2)cc1. The first-order valence-electron chi connectivity index (χ1n) is 13.3. The molecule has 244 valence electrons. The molecule has 1 atom stereocenters. The lowest BCUT2D eigenvalue weighted by Gasteiger charge is -2.28. The number of ether oxygens (including phenoxy) is 2. The van der Waals surface area contributed by atoms with Crippen molar-refractivity contribution in [3.63, 3.8) is 0 Å². The van der Waals surface area contributed by atoms with E-state index in [1.165, 1.54) is 13.8 Å². The van der Waals surface area contributed by atoms with E-state index in [0.29, 0.717) is 21.3 Å². The van der Waals surface area contributed by atoms with E-state index < -0.39 is 19.8 Å². The molecule has 0 aliphatic heterocycles. The number of phosphoric ester groups is 1. The second kappa shape index (κ2) is 20.6. The second-order valence-electron chi connectivity index (χ2n) is 10.3. The topological polar surface area (TPSA) is 177 Å². The number of hydrogen-bond donors (Lipinski definition) is 0. The smallest absolute Gasteiger partial charge is 0.338 e. The molecule has 14 heteroatoms. The van der Waals surface area contributed by atoms with Crippen molar-refractivity contribution in [2.75, 3.05) is 41.1 Å². The summed E-state index contributed by atoms with van der Waals surface area (Å²) in [6, 6.07) is 13.8. The number of ketones is 1. The molecule has 0 radical (unpaired) electrons. The van der Waals surface area contributed by atoms with E-state index in [1.807, 2.05) is 24.3 Å². The maximum atomic E-state index is 11.9. The van der Waals surface area contributed by atoms with Crippen LogP contribution in [0.3, 0.4) is 0 Å². The first-order chi connectivity index (χ1) is 20.9. The van der Waals surface area contributed by atoms with Gasteiger partial charge in [0, 0.05) is 16.2 Å². The number of allylic oxidation sites excluding steroid dienone is 1. The van der Waals surface area contributed by atoms with E-state index in [0.717, 1.165) is 11.1 Å². The zero-order valence-corrected chi connectivity index (χ0v) is 27.5. The molecular formula is C31H41N4O9P. The molecule has 0 aliphatic carbocycles. The number of esters is 2. The van der Waals surface area contributed by atoms with Crippen molar-refractivity contribution in [2.45, 2.75) is 27.4 Å². The van der Waals surface area contributed by atoms with Crippen molar-refractivity contribution >= 4 is 37.3 Å². The normalized spacial score (nSPS) is 11.4. The van der Waals surface area contributed by atoms with Crippen molar-refractivity contribution in [1.29, 1.82) is 0 Å². The van der Waals surface area contributed by atoms with Gasteiger partial charge in [-0.05, 0) is 55.1 Å². The third kappa shape index (κ3) is 20.3. The molecule has 0 N–H and O–H groups in total. The number of benzene rings is 2. The van der Waals surface area contributed by atoms with Crippen LogP contribution in [0.25, 0.3) is 16.5 Å². The van der Waals surface area contributed by atoms with Gasteiger partial charge >= 0.3 is 11.9 Å². The zero-order valence-electron chi connectivity index (χ0n) is 26.6. The molecule has 0 fully saturated rings. The van der Waals surface area contributed by atoms with Crippen LogP contribution in [0.5, 0.6) is 0 Å². The van der Waals surface area contributed by atoms with Gasteiger partial charge in [-0.3, -0.25) is 13.9 Å². The van der Waals surface area contributed by atoms with Crippen LogP contribution in [0.2, 0.25) is 0 Å². The Labute approximate surface area is 264 Å². The predicted molar refractivity (Wildman–Crippen MR) is 170 cm³/mol. The fourth-order valence-corrected chi connectivity index (χ4v) is 3.25. The minimum Gasteiger partial charge on any atom is -0.756 e. The average Bonchev–Trinajstić information content (AvgIpc) is 2.98. The molecule has 0 amide bonds. The van der Waals surface area contributed by atoms with Gasteiger partial charge in [-0.15, -0.1) is 0 Å². The molecule has 45 heavy (non-hydrogen) atoms. The lowest BCUT2D eigenvalue weighted by molar-refractivity contribution is -0.887. The maximum Gasteiger partial charge on any atom is 0.338 e. The van der Waals surface area contributed by atoms with E-state index in [1.54, 1.807) is 58.4 Å². The summed E-state index contributed by atoms with van der Waals surface area (Å²) in [4.78, 5) is 46.8. The molecule has 0 saturated carbocycles. The molecule has 0 heterocycles. The summed E-state index contributed by atoms with van der Waals surface area (Å²) in [5.74, 6) is -0.947. The van der Waals surface area contributed by atoms with E-state index >= 15 is 0 Å². The molecule has 2 aromatic rings. The quantitative estimate of drug-likeness (QED) is 0.0272. The number of quaternary nitrogens is 1. The summed E-state index contributed by atoms with van der Waals surface area (Å²) in [5, 5.41) is 3.44. The number of rotatable bonds is 14. The van der Waals surface area contributed by atoms with E-state index in [9.17, 15) is 23.8 Å². The first-order valence-corrected chi connectivity index (χ1v) is 14.8. The minimum absolute atomic E-state index is 0.0354. The van der Waals surface area contributed by atoms with Crippen LogP contribution < -0.4 is 4.89 Å². The van der Waals surface area contributed by atoms with Gasteiger partial charge in [0.25, 0.3) is 7.82 Å². The Morgan fingerprint density at radius 3 is 1.93 bits per heavy atom. The largest absolute Gasteiger partial charge is 0.756 e. The van der Waals surface area contributed by atoms with Gasteiger partial charge < -0.3 is 23.4 Å². The van der Waals surface area contributed by atoms with Crippen molar-refractivity contribution < 1.29 is 46.8 Å². The van der Waals surface area contributed by atoms with Crippen LogP contribution in [0.4, 0.5) is 5.69 Å². The lowest BCUT2D eigenvalue weighted by Crippen LogP contribution is -2.37. The van der Waals surface area contributed by atoms with Crippen molar-refractivity contribution in [2.24, 2.45) is 5.11 Å². The van der Waals surface area contributed by atoms with Gasteiger partial charge in [-0.2, -0.15) is 0 Å². The molecule has 0 saturated heterocycles. The van der Waals surface area contributed by atoms with Gasteiger partial charge in [0.1, 0.15) is 13.2 Å². The Bertz CT molecular complexity index is 1400. The Kier molecular flexibility index (Phi) is 18.6. The summed E-state index contributed by atoms with van der Waals surface area (Å²) in [5.41, 5.74) is 11.9. The highest BCUT2D eigenvalue weighted by Crippen LogP contribution is 2.38. The molecular weight excluding hydrogens is 603 g/mol. The third-order valence-corrected chi connectivity index (χ3v) is 5.90. The first kappa shape index (κ1) is 40.6. The Hall–Kier alpha value is -4.35. The molecule has 0 spiro atoms. The van der Waals surface area contributed by atoms with E-state index in [-0.39, 0.29) is 37.9 Å². The number of nitrogens with zero attached hydrogens (tertiary/aromatic N) is 4. The van der Waals surface area contributed by atoms with Gasteiger partial charge in [0.2, 0.25) is 0 Å². The molecule has 0 aliphatic rings. The molecule has 13 nitrogen and oxygen atoms in total. The van der Waals surface area contributed by atoms with Crippen LogP contribution in [0, 0.1) is 0 Å². The van der Waals surface area contributed by atoms with Crippen LogP contribution in [-0.4, -0.2) is 63.3 Å². The van der Waals surface area contributed by atoms with Gasteiger partial charge in [-0.1, -0.05) is 67.3 Å². The number of Topliss-reactive ketones (excluding diaryl/α,β-unsaturated/α-hetero) is 1. The standard InChI is InChI=1S/C16H13N3O2.C10H20NO6P.C5H8O/c1-2-12-3-5-13(6-4-12)11-21-16(20)14-7-9-15(10-8-14)18-19-17;1-9(2)10(12)15-6-7-16-18(13,14)17-8-11(3,4)5;1-4(2)5(3)6/h2-10H,1,11H2;1,6-8H2,2-5H3;1H2,2-3H3.